The molecule has 1 heterocycles. The van der Waals surface area contributed by atoms with E-state index in [1.54, 1.807) is 0 Å². The Balaban J connectivity index is 2.09. The minimum Gasteiger partial charge on any atom is -0.301 e. The van der Waals surface area contributed by atoms with Crippen LogP contribution in [0.3, 0.4) is 0 Å². The van der Waals surface area contributed by atoms with Gasteiger partial charge in [0.25, 0.3) is 0 Å². The monoisotopic (exact) mass is 185 g/mol. The van der Waals surface area contributed by atoms with Crippen molar-refractivity contribution in [1.29, 1.82) is 0 Å². The summed E-state index contributed by atoms with van der Waals surface area (Å²) in [5, 5.41) is 4.58. The Hall–Kier alpha value is 0.310. The van der Waals surface area contributed by atoms with Gasteiger partial charge >= 0.3 is 0 Å². The van der Waals surface area contributed by atoms with E-state index >= 15 is 0 Å². The number of thioether (sulfide) groups is 1. The van der Waals surface area contributed by atoms with Crippen LogP contribution in [0.4, 0.5) is 0 Å². The smallest absolute Gasteiger partial charge is 0.0677 e. The molecular weight excluding hydrogens is 166 g/mol. The summed E-state index contributed by atoms with van der Waals surface area (Å²) in [4.78, 5) is 0.494. The molecule has 2 aliphatic rings. The molecule has 3 unspecified atom stereocenters. The van der Waals surface area contributed by atoms with Gasteiger partial charge in [-0.25, -0.2) is 0 Å². The highest BCUT2D eigenvalue weighted by atomic mass is 32.2. The zero-order valence-corrected chi connectivity index (χ0v) is 8.91. The van der Waals surface area contributed by atoms with E-state index in [-0.39, 0.29) is 0 Å². The molecule has 0 radical (unpaired) electrons. The predicted molar refractivity (Wildman–Crippen MR) is 55.4 cm³/mol. The highest BCUT2D eigenvalue weighted by Crippen LogP contribution is 2.49. The molecule has 1 N–H and O–H groups in total. The molecule has 3 atom stereocenters. The van der Waals surface area contributed by atoms with Crippen LogP contribution in [0.1, 0.15) is 39.5 Å². The Kier molecular flexibility index (Phi) is 2.39. The van der Waals surface area contributed by atoms with E-state index < -0.39 is 0 Å². The van der Waals surface area contributed by atoms with Crippen molar-refractivity contribution in [2.75, 3.05) is 6.54 Å². The van der Waals surface area contributed by atoms with Crippen molar-refractivity contribution in [3.8, 4) is 0 Å². The lowest BCUT2D eigenvalue weighted by atomic mass is 10.00. The summed E-state index contributed by atoms with van der Waals surface area (Å²) in [6, 6.07) is 0. The highest BCUT2D eigenvalue weighted by Gasteiger charge is 2.46. The first-order valence-corrected chi connectivity index (χ1v) is 6.07. The summed E-state index contributed by atoms with van der Waals surface area (Å²) < 4.78 is 0. The summed E-state index contributed by atoms with van der Waals surface area (Å²) in [6.45, 7) is 5.90. The second-order valence-electron chi connectivity index (χ2n) is 4.20. The van der Waals surface area contributed by atoms with Crippen LogP contribution >= 0.6 is 11.8 Å². The van der Waals surface area contributed by atoms with Gasteiger partial charge in [-0.3, -0.25) is 0 Å². The molecular formula is C10H19NS. The molecule has 0 aromatic heterocycles. The molecule has 0 aromatic carbocycles. The van der Waals surface area contributed by atoms with Crippen molar-refractivity contribution in [2.45, 2.75) is 49.7 Å². The predicted octanol–water partition coefficient (Wildman–Crippen LogP) is 2.62. The zero-order valence-electron chi connectivity index (χ0n) is 8.10. The second kappa shape index (κ2) is 3.22. The fraction of sp³-hybridized carbons (Fsp3) is 1.00. The van der Waals surface area contributed by atoms with Crippen LogP contribution in [0.2, 0.25) is 0 Å². The topological polar surface area (TPSA) is 12.0 Å². The first kappa shape index (κ1) is 8.89. The Morgan fingerprint density at radius 1 is 1.58 bits per heavy atom. The van der Waals surface area contributed by atoms with Gasteiger partial charge in [0.1, 0.15) is 0 Å². The fourth-order valence-electron chi connectivity index (χ4n) is 2.73. The first-order valence-electron chi connectivity index (χ1n) is 5.19. The van der Waals surface area contributed by atoms with E-state index in [2.05, 4.69) is 30.9 Å². The van der Waals surface area contributed by atoms with Gasteiger partial charge in [-0.2, -0.15) is 0 Å². The lowest BCUT2D eigenvalue weighted by Gasteiger charge is -2.30. The third kappa shape index (κ3) is 1.29. The fourth-order valence-corrected chi connectivity index (χ4v) is 4.52. The van der Waals surface area contributed by atoms with Crippen LogP contribution in [-0.2, 0) is 0 Å². The second-order valence-corrected chi connectivity index (χ2v) is 5.97. The molecule has 0 amide bonds. The van der Waals surface area contributed by atoms with Crippen molar-refractivity contribution >= 4 is 11.8 Å². The third-order valence-corrected chi connectivity index (χ3v) is 5.02. The zero-order chi connectivity index (χ0) is 8.60. The van der Waals surface area contributed by atoms with Gasteiger partial charge in [-0.05, 0) is 18.8 Å². The van der Waals surface area contributed by atoms with E-state index in [0.29, 0.717) is 4.87 Å². The normalized spacial score (nSPS) is 47.5. The maximum atomic E-state index is 3.75. The quantitative estimate of drug-likeness (QED) is 0.674. The van der Waals surface area contributed by atoms with Crippen LogP contribution < -0.4 is 5.32 Å². The van der Waals surface area contributed by atoms with E-state index in [0.717, 1.165) is 11.2 Å². The van der Waals surface area contributed by atoms with Crippen LogP contribution in [0.25, 0.3) is 0 Å². The van der Waals surface area contributed by atoms with E-state index in [4.69, 9.17) is 0 Å². The van der Waals surface area contributed by atoms with Gasteiger partial charge in [0.15, 0.2) is 0 Å². The Labute approximate surface area is 79.7 Å². The van der Waals surface area contributed by atoms with E-state index in [1.165, 1.54) is 32.2 Å². The van der Waals surface area contributed by atoms with Crippen molar-refractivity contribution < 1.29 is 0 Å². The Morgan fingerprint density at radius 3 is 3.00 bits per heavy atom. The van der Waals surface area contributed by atoms with Crippen molar-refractivity contribution in [3.63, 3.8) is 0 Å². The molecule has 2 rings (SSSR count). The minimum absolute atomic E-state index is 0.494. The van der Waals surface area contributed by atoms with Gasteiger partial charge in [-0.15, -0.1) is 11.8 Å². The minimum atomic E-state index is 0.494. The van der Waals surface area contributed by atoms with E-state index in [1.807, 2.05) is 0 Å². The molecule has 1 nitrogen and oxygen atoms in total. The molecule has 1 aliphatic heterocycles. The Bertz CT molecular complexity index is 171. The molecule has 2 heteroatoms. The maximum Gasteiger partial charge on any atom is 0.0677 e. The molecule has 1 saturated carbocycles. The molecule has 1 aliphatic carbocycles. The van der Waals surface area contributed by atoms with E-state index in [9.17, 15) is 0 Å². The van der Waals surface area contributed by atoms with Gasteiger partial charge in [0.2, 0.25) is 0 Å². The molecule has 0 aromatic rings. The SMILES string of the molecule is CCC1CCCC12NCC(C)S2. The van der Waals surface area contributed by atoms with Crippen LogP contribution in [0.15, 0.2) is 0 Å². The Morgan fingerprint density at radius 2 is 2.42 bits per heavy atom. The summed E-state index contributed by atoms with van der Waals surface area (Å²) in [7, 11) is 0. The molecule has 70 valence electrons. The molecule has 1 spiro atoms. The molecule has 2 fully saturated rings. The first-order chi connectivity index (χ1) is 5.77. The average molecular weight is 185 g/mol. The lowest BCUT2D eigenvalue weighted by molar-refractivity contribution is 0.372. The number of rotatable bonds is 1. The molecule has 12 heavy (non-hydrogen) atoms. The van der Waals surface area contributed by atoms with Crippen LogP contribution in [0.5, 0.6) is 0 Å². The van der Waals surface area contributed by atoms with Gasteiger partial charge in [0, 0.05) is 11.8 Å². The largest absolute Gasteiger partial charge is 0.301 e. The molecule has 1 saturated heterocycles. The van der Waals surface area contributed by atoms with Crippen molar-refractivity contribution in [1.82, 2.24) is 5.32 Å². The van der Waals surface area contributed by atoms with Crippen LogP contribution in [-0.4, -0.2) is 16.7 Å². The van der Waals surface area contributed by atoms with Gasteiger partial charge in [0.05, 0.1) is 4.87 Å². The van der Waals surface area contributed by atoms with Crippen molar-refractivity contribution in [2.24, 2.45) is 5.92 Å². The number of hydrogen-bond donors (Lipinski definition) is 1. The summed E-state index contributed by atoms with van der Waals surface area (Å²) >= 11 is 2.20. The lowest BCUT2D eigenvalue weighted by Crippen LogP contribution is -2.40. The summed E-state index contributed by atoms with van der Waals surface area (Å²) in [5.41, 5.74) is 0. The number of nitrogens with one attached hydrogen (secondary N) is 1. The van der Waals surface area contributed by atoms with Gasteiger partial charge in [-0.1, -0.05) is 26.7 Å². The molecule has 0 bridgehead atoms. The van der Waals surface area contributed by atoms with Crippen LogP contribution in [0, 0.1) is 5.92 Å². The van der Waals surface area contributed by atoms with Gasteiger partial charge < -0.3 is 5.32 Å². The highest BCUT2D eigenvalue weighted by molar-refractivity contribution is 8.01. The maximum absolute atomic E-state index is 3.75. The summed E-state index contributed by atoms with van der Waals surface area (Å²) in [6.07, 6.45) is 5.64. The standard InChI is InChI=1S/C10H19NS/c1-3-9-5-4-6-10(9)11-7-8(2)12-10/h8-9,11H,3-7H2,1-2H3. The van der Waals surface area contributed by atoms with Crippen molar-refractivity contribution in [3.05, 3.63) is 0 Å². The third-order valence-electron chi connectivity index (χ3n) is 3.35. The number of hydrogen-bond acceptors (Lipinski definition) is 2. The average Bonchev–Trinajstić information content (AvgIpc) is 2.60. The summed E-state index contributed by atoms with van der Waals surface area (Å²) in [5.74, 6) is 0.937.